The van der Waals surface area contributed by atoms with Crippen LogP contribution in [0.3, 0.4) is 0 Å². The molecule has 0 bridgehead atoms. The van der Waals surface area contributed by atoms with Crippen molar-refractivity contribution in [1.82, 2.24) is 5.32 Å². The van der Waals surface area contributed by atoms with Crippen molar-refractivity contribution < 1.29 is 4.79 Å². The van der Waals surface area contributed by atoms with Crippen LogP contribution in [0, 0.1) is 12.8 Å². The van der Waals surface area contributed by atoms with Crippen LogP contribution in [0.25, 0.3) is 0 Å². The van der Waals surface area contributed by atoms with Crippen LogP contribution in [0.2, 0.25) is 0 Å². The van der Waals surface area contributed by atoms with Crippen LogP contribution in [0.1, 0.15) is 48.0 Å². The third kappa shape index (κ3) is 2.10. The molecule has 1 N–H and O–H groups in total. The first-order chi connectivity index (χ1) is 8.75. The number of rotatable bonds is 2. The fourth-order valence-electron chi connectivity index (χ4n) is 3.56. The van der Waals surface area contributed by atoms with Crippen molar-refractivity contribution in [2.75, 3.05) is 0 Å². The van der Waals surface area contributed by atoms with E-state index in [1.165, 1.54) is 25.7 Å². The number of carbonyl (C=O) groups is 1. The molecule has 1 aliphatic carbocycles. The van der Waals surface area contributed by atoms with Gasteiger partial charge in [0.15, 0.2) is 5.78 Å². The minimum Gasteiger partial charge on any atom is -0.304 e. The van der Waals surface area contributed by atoms with Gasteiger partial charge in [0, 0.05) is 11.6 Å². The number of fused-ring (bicyclic) bond motifs is 1. The summed E-state index contributed by atoms with van der Waals surface area (Å²) in [7, 11) is 0. The van der Waals surface area contributed by atoms with Crippen LogP contribution in [-0.2, 0) is 0 Å². The van der Waals surface area contributed by atoms with Crippen LogP contribution in [0.4, 0.5) is 0 Å². The van der Waals surface area contributed by atoms with Gasteiger partial charge in [-0.1, -0.05) is 37.1 Å². The summed E-state index contributed by atoms with van der Waals surface area (Å²) in [5.74, 6) is 1.03. The molecule has 1 aromatic carbocycles. The van der Waals surface area contributed by atoms with Gasteiger partial charge in [0.1, 0.15) is 0 Å². The molecule has 18 heavy (non-hydrogen) atoms. The molecule has 1 saturated carbocycles. The van der Waals surface area contributed by atoms with Crippen LogP contribution >= 0.6 is 0 Å². The Kier molecular flexibility index (Phi) is 3.21. The summed E-state index contributed by atoms with van der Waals surface area (Å²) in [5.41, 5.74) is 1.99. The van der Waals surface area contributed by atoms with E-state index in [4.69, 9.17) is 0 Å². The summed E-state index contributed by atoms with van der Waals surface area (Å²) in [6.07, 6.45) is 6.25. The molecule has 2 heteroatoms. The van der Waals surface area contributed by atoms with Crippen molar-refractivity contribution in [3.05, 3.63) is 35.4 Å². The summed E-state index contributed by atoms with van der Waals surface area (Å²) >= 11 is 0. The standard InChI is InChI=1S/C16H21NO/c1-11-6-2-4-8-13(11)16(18)15-10-12-7-3-5-9-14(12)17-15/h2,4,6,8,12,14-15,17H,3,5,7,9-10H2,1H3. The van der Waals surface area contributed by atoms with E-state index in [9.17, 15) is 4.79 Å². The highest BCUT2D eigenvalue weighted by molar-refractivity contribution is 6.01. The Labute approximate surface area is 109 Å². The normalized spacial score (nSPS) is 31.1. The van der Waals surface area contributed by atoms with Crippen LogP contribution in [0.15, 0.2) is 24.3 Å². The highest BCUT2D eigenvalue weighted by Crippen LogP contribution is 2.34. The molecule has 0 radical (unpaired) electrons. The second kappa shape index (κ2) is 4.85. The van der Waals surface area contributed by atoms with Gasteiger partial charge in [0.05, 0.1) is 6.04 Å². The molecule has 0 amide bonds. The summed E-state index contributed by atoms with van der Waals surface area (Å²) < 4.78 is 0. The Morgan fingerprint density at radius 3 is 2.78 bits per heavy atom. The fourth-order valence-corrected chi connectivity index (χ4v) is 3.56. The number of nitrogens with one attached hydrogen (secondary N) is 1. The van der Waals surface area contributed by atoms with E-state index in [1.54, 1.807) is 0 Å². The van der Waals surface area contributed by atoms with Crippen molar-refractivity contribution in [3.8, 4) is 0 Å². The van der Waals surface area contributed by atoms with E-state index in [0.29, 0.717) is 11.8 Å². The van der Waals surface area contributed by atoms with Gasteiger partial charge in [-0.15, -0.1) is 0 Å². The summed E-state index contributed by atoms with van der Waals surface area (Å²) in [6.45, 7) is 2.02. The van der Waals surface area contributed by atoms with Gasteiger partial charge >= 0.3 is 0 Å². The second-order valence-corrected chi connectivity index (χ2v) is 5.79. The Morgan fingerprint density at radius 1 is 1.22 bits per heavy atom. The topological polar surface area (TPSA) is 29.1 Å². The minimum absolute atomic E-state index is 0.0548. The highest BCUT2D eigenvalue weighted by Gasteiger charge is 2.38. The summed E-state index contributed by atoms with van der Waals surface area (Å²) in [4.78, 5) is 12.5. The number of Topliss-reactive ketones (excluding diaryl/α,β-unsaturated/α-hetero) is 1. The monoisotopic (exact) mass is 243 g/mol. The first-order valence-corrected chi connectivity index (χ1v) is 7.11. The van der Waals surface area contributed by atoms with Gasteiger partial charge in [-0.3, -0.25) is 4.79 Å². The maximum atomic E-state index is 12.5. The molecule has 3 atom stereocenters. The van der Waals surface area contributed by atoms with E-state index in [-0.39, 0.29) is 6.04 Å². The van der Waals surface area contributed by atoms with E-state index in [2.05, 4.69) is 5.32 Å². The molecule has 1 heterocycles. The maximum absolute atomic E-state index is 12.5. The molecule has 1 saturated heterocycles. The zero-order valence-corrected chi connectivity index (χ0v) is 11.0. The van der Waals surface area contributed by atoms with E-state index >= 15 is 0 Å². The zero-order chi connectivity index (χ0) is 12.5. The lowest BCUT2D eigenvalue weighted by atomic mass is 9.84. The smallest absolute Gasteiger partial charge is 0.180 e. The molecule has 3 unspecified atom stereocenters. The lowest BCUT2D eigenvalue weighted by Crippen LogP contribution is -2.37. The lowest BCUT2D eigenvalue weighted by Gasteiger charge is -2.24. The Balaban J connectivity index is 1.76. The molecule has 2 aliphatic rings. The molecule has 0 spiro atoms. The molecule has 2 nitrogen and oxygen atoms in total. The van der Waals surface area contributed by atoms with E-state index < -0.39 is 0 Å². The fraction of sp³-hybridized carbons (Fsp3) is 0.562. The highest BCUT2D eigenvalue weighted by atomic mass is 16.1. The maximum Gasteiger partial charge on any atom is 0.180 e. The van der Waals surface area contributed by atoms with E-state index in [0.717, 1.165) is 23.5 Å². The average molecular weight is 243 g/mol. The van der Waals surface area contributed by atoms with Gasteiger partial charge < -0.3 is 5.32 Å². The Hall–Kier alpha value is -1.15. The Bertz CT molecular complexity index is 440. The average Bonchev–Trinajstić information content (AvgIpc) is 2.82. The third-order valence-electron chi connectivity index (χ3n) is 4.59. The SMILES string of the molecule is Cc1ccccc1C(=O)C1CC2CCCCC2N1. The van der Waals surface area contributed by atoms with Crippen molar-refractivity contribution >= 4 is 5.78 Å². The number of hydrogen-bond donors (Lipinski definition) is 1. The first-order valence-electron chi connectivity index (χ1n) is 7.11. The Morgan fingerprint density at radius 2 is 2.00 bits per heavy atom. The quantitative estimate of drug-likeness (QED) is 0.809. The lowest BCUT2D eigenvalue weighted by molar-refractivity contribution is 0.0948. The second-order valence-electron chi connectivity index (χ2n) is 5.79. The van der Waals surface area contributed by atoms with Gasteiger partial charge in [-0.05, 0) is 37.7 Å². The van der Waals surface area contributed by atoms with Gasteiger partial charge in [0.2, 0.25) is 0 Å². The van der Waals surface area contributed by atoms with Crippen molar-refractivity contribution in [2.24, 2.45) is 5.92 Å². The number of hydrogen-bond acceptors (Lipinski definition) is 2. The number of benzene rings is 1. The number of aryl methyl sites for hydroxylation is 1. The third-order valence-corrected chi connectivity index (χ3v) is 4.59. The number of carbonyl (C=O) groups excluding carboxylic acids is 1. The van der Waals surface area contributed by atoms with Crippen LogP contribution in [0.5, 0.6) is 0 Å². The number of ketones is 1. The molecule has 96 valence electrons. The van der Waals surface area contributed by atoms with Crippen molar-refractivity contribution in [1.29, 1.82) is 0 Å². The molecule has 1 aromatic rings. The molecule has 3 rings (SSSR count). The van der Waals surface area contributed by atoms with Gasteiger partial charge in [-0.2, -0.15) is 0 Å². The minimum atomic E-state index is 0.0548. The van der Waals surface area contributed by atoms with Crippen molar-refractivity contribution in [2.45, 2.75) is 51.1 Å². The largest absolute Gasteiger partial charge is 0.304 e. The zero-order valence-electron chi connectivity index (χ0n) is 11.0. The van der Waals surface area contributed by atoms with Gasteiger partial charge in [0.25, 0.3) is 0 Å². The summed E-state index contributed by atoms with van der Waals surface area (Å²) in [5, 5.41) is 3.57. The predicted molar refractivity (Wildman–Crippen MR) is 72.8 cm³/mol. The van der Waals surface area contributed by atoms with Crippen molar-refractivity contribution in [3.63, 3.8) is 0 Å². The van der Waals surface area contributed by atoms with Gasteiger partial charge in [-0.25, -0.2) is 0 Å². The summed E-state index contributed by atoms with van der Waals surface area (Å²) in [6, 6.07) is 8.59. The molecular formula is C16H21NO. The predicted octanol–water partition coefficient (Wildman–Crippen LogP) is 3.10. The van der Waals surface area contributed by atoms with Crippen LogP contribution in [-0.4, -0.2) is 17.9 Å². The molecular weight excluding hydrogens is 222 g/mol. The van der Waals surface area contributed by atoms with Crippen LogP contribution < -0.4 is 5.32 Å². The van der Waals surface area contributed by atoms with E-state index in [1.807, 2.05) is 31.2 Å². The molecule has 1 aliphatic heterocycles. The first kappa shape index (κ1) is 11.9. The molecule has 0 aromatic heterocycles. The molecule has 2 fully saturated rings.